The highest BCUT2D eigenvalue weighted by Gasteiger charge is 2.15. The number of halogens is 2. The maximum atomic E-state index is 13.3. The van der Waals surface area contributed by atoms with Gasteiger partial charge in [-0.3, -0.25) is 10.1 Å². The van der Waals surface area contributed by atoms with E-state index in [2.05, 4.69) is 10.6 Å². The summed E-state index contributed by atoms with van der Waals surface area (Å²) in [4.78, 5) is 12.2. The summed E-state index contributed by atoms with van der Waals surface area (Å²) in [5, 5.41) is 5.81. The number of hydrogen-bond donors (Lipinski definition) is 2. The Morgan fingerprint density at radius 1 is 0.889 bits per heavy atom. The van der Waals surface area contributed by atoms with Crippen molar-refractivity contribution >= 4 is 11.6 Å². The van der Waals surface area contributed by atoms with Crippen LogP contribution >= 0.6 is 0 Å². The zero-order valence-corrected chi connectivity index (χ0v) is 14.9. The highest BCUT2D eigenvalue weighted by Crippen LogP contribution is 2.22. The molecule has 1 amide bonds. The zero-order chi connectivity index (χ0) is 19.2. The molecule has 3 aromatic rings. The van der Waals surface area contributed by atoms with E-state index in [1.807, 2.05) is 61.5 Å². The maximum absolute atomic E-state index is 13.3. The second kappa shape index (κ2) is 8.56. The summed E-state index contributed by atoms with van der Waals surface area (Å²) in [5.41, 5.74) is 3.43. The first-order chi connectivity index (χ1) is 13.0. The molecule has 0 saturated carbocycles. The van der Waals surface area contributed by atoms with Gasteiger partial charge in [-0.05, 0) is 30.2 Å². The van der Waals surface area contributed by atoms with Gasteiger partial charge in [-0.15, -0.1) is 0 Å². The first-order valence-corrected chi connectivity index (χ1v) is 8.63. The second-order valence-electron chi connectivity index (χ2n) is 6.31. The van der Waals surface area contributed by atoms with E-state index < -0.39 is 11.6 Å². The molecule has 0 aromatic heterocycles. The minimum atomic E-state index is -0.998. The molecule has 5 heteroatoms. The van der Waals surface area contributed by atoms with Gasteiger partial charge in [-0.1, -0.05) is 60.2 Å². The molecule has 0 bridgehead atoms. The molecule has 0 saturated heterocycles. The standard InChI is InChI=1S/C22H20F2N2O/c1-15-7-9-17(10-8-15)22(16-5-3-2-4-6-16)25-14-21(27)26-18-11-12-19(23)20(24)13-18/h2-13,22,25H,14H2,1H3,(H,26,27)/t22-/m0/s1. The van der Waals surface area contributed by atoms with Crippen LogP contribution in [0.15, 0.2) is 72.8 Å². The van der Waals surface area contributed by atoms with Gasteiger partial charge in [0.15, 0.2) is 11.6 Å². The molecule has 0 fully saturated rings. The molecule has 138 valence electrons. The average molecular weight is 366 g/mol. The molecule has 3 rings (SSSR count). The molecule has 0 radical (unpaired) electrons. The fourth-order valence-corrected chi connectivity index (χ4v) is 2.81. The third-order valence-corrected chi connectivity index (χ3v) is 4.21. The van der Waals surface area contributed by atoms with Gasteiger partial charge in [0.05, 0.1) is 12.6 Å². The van der Waals surface area contributed by atoms with Crippen molar-refractivity contribution in [2.24, 2.45) is 0 Å². The summed E-state index contributed by atoms with van der Waals surface area (Å²) in [6, 6.07) is 21.0. The Hall–Kier alpha value is -3.05. The van der Waals surface area contributed by atoms with Gasteiger partial charge in [0, 0.05) is 11.8 Å². The zero-order valence-electron chi connectivity index (χ0n) is 14.9. The molecule has 27 heavy (non-hydrogen) atoms. The summed E-state index contributed by atoms with van der Waals surface area (Å²) in [7, 11) is 0. The molecule has 2 N–H and O–H groups in total. The van der Waals surface area contributed by atoms with Crippen molar-refractivity contribution in [1.29, 1.82) is 0 Å². The van der Waals surface area contributed by atoms with Crippen molar-refractivity contribution < 1.29 is 13.6 Å². The summed E-state index contributed by atoms with van der Waals surface area (Å²) in [6.45, 7) is 2.04. The number of aryl methyl sites for hydroxylation is 1. The predicted octanol–water partition coefficient (Wildman–Crippen LogP) is 4.59. The van der Waals surface area contributed by atoms with Crippen molar-refractivity contribution in [3.05, 3.63) is 101 Å². The number of nitrogens with one attached hydrogen (secondary N) is 2. The van der Waals surface area contributed by atoms with E-state index in [-0.39, 0.29) is 24.2 Å². The van der Waals surface area contributed by atoms with Gasteiger partial charge in [0.1, 0.15) is 0 Å². The lowest BCUT2D eigenvalue weighted by Gasteiger charge is -2.20. The quantitative estimate of drug-likeness (QED) is 0.670. The van der Waals surface area contributed by atoms with Crippen LogP contribution in [0.5, 0.6) is 0 Å². The van der Waals surface area contributed by atoms with Crippen molar-refractivity contribution in [3.63, 3.8) is 0 Å². The van der Waals surface area contributed by atoms with Crippen LogP contribution < -0.4 is 10.6 Å². The van der Waals surface area contributed by atoms with E-state index in [0.717, 1.165) is 28.8 Å². The normalized spacial score (nSPS) is 11.8. The van der Waals surface area contributed by atoms with Crippen molar-refractivity contribution in [2.45, 2.75) is 13.0 Å². The molecular formula is C22H20F2N2O. The Morgan fingerprint density at radius 2 is 1.56 bits per heavy atom. The molecule has 0 unspecified atom stereocenters. The predicted molar refractivity (Wildman–Crippen MR) is 102 cm³/mol. The molecule has 0 aliphatic carbocycles. The van der Waals surface area contributed by atoms with Gasteiger partial charge in [-0.2, -0.15) is 0 Å². The fraction of sp³-hybridized carbons (Fsp3) is 0.136. The molecular weight excluding hydrogens is 346 g/mol. The van der Waals surface area contributed by atoms with E-state index in [1.165, 1.54) is 6.07 Å². The van der Waals surface area contributed by atoms with Gasteiger partial charge in [0.25, 0.3) is 0 Å². The van der Waals surface area contributed by atoms with Gasteiger partial charge in [0.2, 0.25) is 5.91 Å². The lowest BCUT2D eigenvalue weighted by atomic mass is 9.98. The summed E-state index contributed by atoms with van der Waals surface area (Å²) >= 11 is 0. The van der Waals surface area contributed by atoms with E-state index in [9.17, 15) is 13.6 Å². The number of hydrogen-bond acceptors (Lipinski definition) is 2. The van der Waals surface area contributed by atoms with E-state index in [4.69, 9.17) is 0 Å². The van der Waals surface area contributed by atoms with E-state index in [0.29, 0.717) is 0 Å². The van der Waals surface area contributed by atoms with Crippen LogP contribution in [-0.2, 0) is 4.79 Å². The molecule has 1 atom stereocenters. The van der Waals surface area contributed by atoms with Crippen LogP contribution in [0.2, 0.25) is 0 Å². The molecule has 0 spiro atoms. The monoisotopic (exact) mass is 366 g/mol. The van der Waals surface area contributed by atoms with Crippen LogP contribution in [0.1, 0.15) is 22.7 Å². The molecule has 0 heterocycles. The van der Waals surface area contributed by atoms with Gasteiger partial charge in [-0.25, -0.2) is 8.78 Å². The Morgan fingerprint density at radius 3 is 2.22 bits per heavy atom. The summed E-state index contributed by atoms with van der Waals surface area (Å²) < 4.78 is 26.3. The molecule has 0 aliphatic heterocycles. The first kappa shape index (κ1) is 18.7. The Kier molecular flexibility index (Phi) is 5.94. The lowest BCUT2D eigenvalue weighted by Crippen LogP contribution is -2.32. The number of amides is 1. The van der Waals surface area contributed by atoms with Crippen LogP contribution in [0.3, 0.4) is 0 Å². The van der Waals surface area contributed by atoms with Crippen molar-refractivity contribution in [2.75, 3.05) is 11.9 Å². The van der Waals surface area contributed by atoms with Gasteiger partial charge >= 0.3 is 0 Å². The second-order valence-corrected chi connectivity index (χ2v) is 6.31. The van der Waals surface area contributed by atoms with Crippen LogP contribution in [0.25, 0.3) is 0 Å². The number of anilines is 1. The Labute approximate surface area is 157 Å². The largest absolute Gasteiger partial charge is 0.325 e. The Balaban J connectivity index is 1.71. The Bertz CT molecular complexity index is 911. The topological polar surface area (TPSA) is 41.1 Å². The molecule has 3 aromatic carbocycles. The highest BCUT2D eigenvalue weighted by atomic mass is 19.2. The van der Waals surface area contributed by atoms with Gasteiger partial charge < -0.3 is 5.32 Å². The number of carbonyl (C=O) groups is 1. The minimum Gasteiger partial charge on any atom is -0.325 e. The van der Waals surface area contributed by atoms with Crippen LogP contribution in [0, 0.1) is 18.6 Å². The summed E-state index contributed by atoms with van der Waals surface area (Å²) in [6.07, 6.45) is 0. The third kappa shape index (κ3) is 4.99. The number of carbonyl (C=O) groups excluding carboxylic acids is 1. The van der Waals surface area contributed by atoms with E-state index >= 15 is 0 Å². The maximum Gasteiger partial charge on any atom is 0.238 e. The number of benzene rings is 3. The van der Waals surface area contributed by atoms with Crippen molar-refractivity contribution in [1.82, 2.24) is 5.32 Å². The van der Waals surface area contributed by atoms with Crippen LogP contribution in [0.4, 0.5) is 14.5 Å². The summed E-state index contributed by atoms with van der Waals surface area (Å²) in [5.74, 6) is -2.29. The van der Waals surface area contributed by atoms with E-state index in [1.54, 1.807) is 0 Å². The first-order valence-electron chi connectivity index (χ1n) is 8.63. The van der Waals surface area contributed by atoms with Crippen LogP contribution in [-0.4, -0.2) is 12.5 Å². The molecule has 0 aliphatic rings. The number of rotatable bonds is 6. The minimum absolute atomic E-state index is 0.0203. The fourth-order valence-electron chi connectivity index (χ4n) is 2.81. The average Bonchev–Trinajstić information content (AvgIpc) is 2.67. The SMILES string of the molecule is Cc1ccc([C@@H](NCC(=O)Nc2ccc(F)c(F)c2)c2ccccc2)cc1. The highest BCUT2D eigenvalue weighted by molar-refractivity contribution is 5.92. The molecule has 3 nitrogen and oxygen atoms in total. The third-order valence-electron chi connectivity index (χ3n) is 4.21. The van der Waals surface area contributed by atoms with Crippen molar-refractivity contribution in [3.8, 4) is 0 Å². The smallest absolute Gasteiger partial charge is 0.238 e. The lowest BCUT2D eigenvalue weighted by molar-refractivity contribution is -0.115.